The van der Waals surface area contributed by atoms with E-state index in [4.69, 9.17) is 6.58 Å². The summed E-state index contributed by atoms with van der Waals surface area (Å²) in [5, 5.41) is 0. The predicted octanol–water partition coefficient (Wildman–Crippen LogP) is 2.17. The Bertz CT molecular complexity index is 91.4. The van der Waals surface area contributed by atoms with Gasteiger partial charge in [-0.3, -0.25) is 0 Å². The second-order valence-electron chi connectivity index (χ2n) is 2.68. The second kappa shape index (κ2) is 4.17. The predicted molar refractivity (Wildman–Crippen MR) is 31.8 cm³/mol. The Morgan fingerprint density at radius 3 is 1.75 bits per heavy atom. The number of hydrogen-bond acceptors (Lipinski definition) is 0. The van der Waals surface area contributed by atoms with Crippen molar-refractivity contribution in [3.8, 4) is 0 Å². The van der Waals surface area contributed by atoms with Crippen molar-refractivity contribution in [3.05, 3.63) is 18.4 Å². The quantitative estimate of drug-likeness (QED) is 0.321. The molecule has 0 aromatic carbocycles. The van der Waals surface area contributed by atoms with Crippen molar-refractivity contribution >= 4 is 0 Å². The second-order valence-corrected chi connectivity index (χ2v) is 2.68. The zero-order chi connectivity index (χ0) is 5.91. The molecule has 0 rings (SSSR count). The summed E-state index contributed by atoms with van der Waals surface area (Å²) in [4.78, 5) is 0. The van der Waals surface area contributed by atoms with E-state index >= 15 is 0 Å². The first kappa shape index (κ1) is 11.1. The maximum atomic E-state index is 5.01. The Morgan fingerprint density at radius 1 is 1.38 bits per heavy atom. The first-order chi connectivity index (χ1) is 3.06. The molecule has 0 saturated carbocycles. The molecule has 0 aliphatic carbocycles. The summed E-state index contributed by atoms with van der Waals surface area (Å²) in [6.45, 7) is 11.2. The normalized spacial score (nSPS) is 8.88. The average Bonchev–Trinajstić information content (AvgIpc) is 1.30. The van der Waals surface area contributed by atoms with Gasteiger partial charge in [0.15, 0.2) is 0 Å². The van der Waals surface area contributed by atoms with Gasteiger partial charge in [0.25, 0.3) is 0 Å². The third kappa shape index (κ3) is 9.54. The largest absolute Gasteiger partial charge is 1.00 e. The van der Waals surface area contributed by atoms with Crippen molar-refractivity contribution in [2.75, 3.05) is 0 Å². The molecule has 0 aliphatic rings. The Balaban J connectivity index is 0. The summed E-state index contributed by atoms with van der Waals surface area (Å²) in [6.07, 6.45) is 1.84. The fourth-order valence-electron chi connectivity index (χ4n) is 0.250. The zero-order valence-corrected chi connectivity index (χ0v) is 6.94. The van der Waals surface area contributed by atoms with E-state index in [0.29, 0.717) is 0 Å². The fraction of sp³-hybridized carbons (Fsp3) is 0.571. The van der Waals surface area contributed by atoms with E-state index in [1.165, 1.54) is 0 Å². The van der Waals surface area contributed by atoms with E-state index in [2.05, 4.69) is 26.5 Å². The fourth-order valence-corrected chi connectivity index (χ4v) is 0.250. The van der Waals surface area contributed by atoms with E-state index in [0.717, 1.165) is 0 Å². The maximum Gasteiger partial charge on any atom is 1.00 e. The molecule has 1 heteroatoms. The van der Waals surface area contributed by atoms with Crippen molar-refractivity contribution in [1.29, 1.82) is 0 Å². The molecule has 0 spiro atoms. The van der Waals surface area contributed by atoms with Gasteiger partial charge in [-0.15, -0.1) is 0 Å². The summed E-state index contributed by atoms with van der Waals surface area (Å²) >= 11 is 0. The Morgan fingerprint density at radius 2 is 1.75 bits per heavy atom. The molecule has 0 N–H and O–H groups in total. The van der Waals surface area contributed by atoms with E-state index in [9.17, 15) is 0 Å². The van der Waals surface area contributed by atoms with Crippen LogP contribution in [0, 0.1) is 12.0 Å². The Hall–Kier alpha value is 0.260. The molecular formula is C7H11Ag. The summed E-state index contributed by atoms with van der Waals surface area (Å²) in [7, 11) is 0. The van der Waals surface area contributed by atoms with Crippen LogP contribution in [0.5, 0.6) is 0 Å². The zero-order valence-electron chi connectivity index (χ0n) is 5.46. The van der Waals surface area contributed by atoms with E-state index < -0.39 is 0 Å². The van der Waals surface area contributed by atoms with Crippen LogP contribution in [0.2, 0.25) is 0 Å². The van der Waals surface area contributed by atoms with E-state index in [-0.39, 0.29) is 27.8 Å². The minimum atomic E-state index is 0. The van der Waals surface area contributed by atoms with Gasteiger partial charge in [0.05, 0.1) is 0 Å². The van der Waals surface area contributed by atoms with Crippen LogP contribution in [0.1, 0.15) is 20.8 Å². The number of rotatable bonds is 0. The molecule has 0 heterocycles. The monoisotopic (exact) mass is 202 g/mol. The third-order valence-corrected chi connectivity index (χ3v) is 0.516. The van der Waals surface area contributed by atoms with E-state index in [1.807, 2.05) is 6.08 Å². The summed E-state index contributed by atoms with van der Waals surface area (Å²) in [6, 6.07) is 0. The first-order valence-corrected chi connectivity index (χ1v) is 2.37. The summed E-state index contributed by atoms with van der Waals surface area (Å²) < 4.78 is 0. The molecule has 50 valence electrons. The van der Waals surface area contributed by atoms with Gasteiger partial charge in [-0.25, -0.2) is 6.58 Å². The topological polar surface area (TPSA) is 0 Å². The minimum absolute atomic E-state index is 0. The van der Waals surface area contributed by atoms with Crippen LogP contribution in [0.15, 0.2) is 11.8 Å². The van der Waals surface area contributed by atoms with Gasteiger partial charge in [-0.1, -0.05) is 26.2 Å². The molecular weight excluding hydrogens is 192 g/mol. The van der Waals surface area contributed by atoms with Crippen molar-refractivity contribution in [3.63, 3.8) is 0 Å². The van der Waals surface area contributed by atoms with E-state index in [1.54, 1.807) is 0 Å². The van der Waals surface area contributed by atoms with Crippen LogP contribution >= 0.6 is 0 Å². The van der Waals surface area contributed by atoms with Crippen molar-refractivity contribution in [2.45, 2.75) is 20.8 Å². The van der Waals surface area contributed by atoms with Crippen molar-refractivity contribution < 1.29 is 22.4 Å². The summed E-state index contributed by atoms with van der Waals surface area (Å²) in [5.74, 6) is 0. The smallest absolute Gasteiger partial charge is 0.338 e. The SMILES string of the molecule is [Ag+].[CH-]=C=CC(C)(C)C. The molecule has 8 heavy (non-hydrogen) atoms. The standard InChI is InChI=1S/C7H11.Ag/c1-5-6-7(2,3)4;/h1,6H,2-4H3;/q-1;+1. The van der Waals surface area contributed by atoms with Crippen LogP contribution in [0.4, 0.5) is 0 Å². The molecule has 0 aromatic rings. The van der Waals surface area contributed by atoms with Crippen LogP contribution < -0.4 is 0 Å². The Labute approximate surface area is 67.2 Å². The molecule has 0 aromatic heterocycles. The third-order valence-electron chi connectivity index (χ3n) is 0.516. The molecule has 0 atom stereocenters. The van der Waals surface area contributed by atoms with Gasteiger partial charge in [0.1, 0.15) is 0 Å². The summed E-state index contributed by atoms with van der Waals surface area (Å²) in [5.41, 5.74) is 2.67. The Kier molecular flexibility index (Phi) is 5.79. The molecule has 0 unspecified atom stereocenters. The van der Waals surface area contributed by atoms with Crippen molar-refractivity contribution in [2.24, 2.45) is 5.41 Å². The van der Waals surface area contributed by atoms with Gasteiger partial charge in [0, 0.05) is 0 Å². The molecule has 0 radical (unpaired) electrons. The molecule has 0 fully saturated rings. The van der Waals surface area contributed by atoms with Crippen LogP contribution in [-0.2, 0) is 22.4 Å². The van der Waals surface area contributed by atoms with Crippen molar-refractivity contribution in [1.82, 2.24) is 0 Å². The molecule has 0 saturated heterocycles. The van der Waals surface area contributed by atoms with Gasteiger partial charge >= 0.3 is 22.4 Å². The maximum absolute atomic E-state index is 5.01. The molecule has 0 aliphatic heterocycles. The number of hydrogen-bond donors (Lipinski definition) is 0. The molecule has 0 nitrogen and oxygen atoms in total. The molecule has 0 amide bonds. The minimum Gasteiger partial charge on any atom is -0.338 e. The van der Waals surface area contributed by atoms with Gasteiger partial charge in [-0.05, 0) is 0 Å². The average molecular weight is 203 g/mol. The first-order valence-electron chi connectivity index (χ1n) is 2.37. The van der Waals surface area contributed by atoms with Crippen LogP contribution in [0.3, 0.4) is 0 Å². The van der Waals surface area contributed by atoms with Gasteiger partial charge in [-0.2, -0.15) is 6.08 Å². The van der Waals surface area contributed by atoms with Crippen LogP contribution in [0.25, 0.3) is 0 Å². The number of allylic oxidation sites excluding steroid dienone is 1. The van der Waals surface area contributed by atoms with Gasteiger partial charge in [0.2, 0.25) is 0 Å². The van der Waals surface area contributed by atoms with Gasteiger partial charge < -0.3 is 5.73 Å². The van der Waals surface area contributed by atoms with Crippen LogP contribution in [-0.4, -0.2) is 0 Å². The molecule has 0 bridgehead atoms.